The van der Waals surface area contributed by atoms with Crippen LogP contribution in [0.25, 0.3) is 0 Å². The zero-order valence-corrected chi connectivity index (χ0v) is 20.8. The summed E-state index contributed by atoms with van der Waals surface area (Å²) in [6.07, 6.45) is 0.310. The van der Waals surface area contributed by atoms with Gasteiger partial charge in [0.2, 0.25) is 5.78 Å². The molecule has 0 bridgehead atoms. The van der Waals surface area contributed by atoms with Gasteiger partial charge in [0.1, 0.15) is 22.8 Å². The van der Waals surface area contributed by atoms with E-state index in [0.29, 0.717) is 13.6 Å². The summed E-state index contributed by atoms with van der Waals surface area (Å²) >= 11 is 5.30. The summed E-state index contributed by atoms with van der Waals surface area (Å²) in [6, 6.07) is 0.671. The molecule has 3 aliphatic rings. The number of hydrogen-bond acceptors (Lipinski definition) is 8. The van der Waals surface area contributed by atoms with Crippen molar-refractivity contribution >= 4 is 56.0 Å². The maximum absolute atomic E-state index is 13.4. The molecule has 0 heterocycles. The third-order valence-electron chi connectivity index (χ3n) is 6.62. The number of Topliss-reactive ketones (excluding diaryl/α,β-unsaturated/α-hetero) is 2. The zero-order chi connectivity index (χ0) is 23.9. The molecule has 0 saturated heterocycles. The molecule has 0 spiro atoms. The normalized spacial score (nSPS) is 29.8. The van der Waals surface area contributed by atoms with Crippen LogP contribution in [0.3, 0.4) is 0 Å². The lowest BCUT2D eigenvalue weighted by Gasteiger charge is -2.50. The highest BCUT2D eigenvalue weighted by molar-refractivity contribution is 14.1. The second kappa shape index (κ2) is 7.54. The molecular formula is C21H20BrIN2O7. The number of aliphatic hydroxyl groups excluding tert-OH is 2. The molecule has 3 aliphatic carbocycles. The minimum absolute atomic E-state index is 0.00967. The van der Waals surface area contributed by atoms with Crippen molar-refractivity contribution in [1.82, 2.24) is 4.90 Å². The fourth-order valence-electron chi connectivity index (χ4n) is 5.24. The Bertz CT molecular complexity index is 1180. The van der Waals surface area contributed by atoms with Crippen LogP contribution in [0.2, 0.25) is 0 Å². The van der Waals surface area contributed by atoms with Crippen molar-refractivity contribution < 1.29 is 34.8 Å². The number of nitrogens with two attached hydrogens (primary N) is 1. The first-order chi connectivity index (χ1) is 14.8. The molecular weight excluding hydrogens is 599 g/mol. The number of aromatic hydroxyl groups is 1. The molecule has 32 heavy (non-hydrogen) atoms. The molecule has 0 aliphatic heterocycles. The van der Waals surface area contributed by atoms with Gasteiger partial charge in [-0.25, -0.2) is 0 Å². The summed E-state index contributed by atoms with van der Waals surface area (Å²) in [6.45, 7) is 0. The lowest BCUT2D eigenvalue weighted by molar-refractivity contribution is -0.148. The smallest absolute Gasteiger partial charge is 0.255 e. The molecule has 11 heteroatoms. The summed E-state index contributed by atoms with van der Waals surface area (Å²) in [4.78, 5) is 40.0. The minimum Gasteiger partial charge on any atom is -0.510 e. The van der Waals surface area contributed by atoms with Crippen molar-refractivity contribution in [2.45, 2.75) is 24.5 Å². The number of primary amides is 1. The summed E-state index contributed by atoms with van der Waals surface area (Å²) < 4.78 is 1.03. The standard InChI is InChI=1S/C21H20BrIN2O7/c1-25(2)14-8-4-6-3-7-9(22)5-10(23)15(26)12(7)16(27)11(6)18(29)21(8,32)19(30)13(17(14)28)20(24)31/h5-6,8,14,26,28-29,32H,3-4H2,1-2H3,(H2,24,31)/t6-,8-,14-,21-/m0/s1. The second-order valence-electron chi connectivity index (χ2n) is 8.51. The van der Waals surface area contributed by atoms with E-state index in [1.165, 1.54) is 4.90 Å². The Balaban J connectivity index is 1.99. The van der Waals surface area contributed by atoms with Crippen LogP contribution in [-0.2, 0) is 16.0 Å². The van der Waals surface area contributed by atoms with Crippen LogP contribution in [0.4, 0.5) is 0 Å². The number of carbonyl (C=O) groups is 3. The first kappa shape index (κ1) is 23.2. The number of fused-ring (bicyclic) bond motifs is 3. The highest BCUT2D eigenvalue weighted by atomic mass is 127. The van der Waals surface area contributed by atoms with Crippen molar-refractivity contribution in [2.24, 2.45) is 17.6 Å². The molecule has 0 saturated carbocycles. The number of phenolic OH excluding ortho intramolecular Hbond substituents is 1. The highest BCUT2D eigenvalue weighted by Crippen LogP contribution is 2.53. The van der Waals surface area contributed by atoms with E-state index in [4.69, 9.17) is 5.73 Å². The van der Waals surface area contributed by atoms with E-state index in [-0.39, 0.29) is 29.7 Å². The number of aliphatic hydroxyl groups is 3. The molecule has 9 nitrogen and oxygen atoms in total. The monoisotopic (exact) mass is 618 g/mol. The van der Waals surface area contributed by atoms with Gasteiger partial charge in [-0.3, -0.25) is 19.3 Å². The predicted molar refractivity (Wildman–Crippen MR) is 124 cm³/mol. The molecule has 0 unspecified atom stereocenters. The number of nitrogens with zero attached hydrogens (tertiary/aromatic N) is 1. The third kappa shape index (κ3) is 2.90. The topological polar surface area (TPSA) is 161 Å². The van der Waals surface area contributed by atoms with E-state index in [1.54, 1.807) is 20.2 Å². The van der Waals surface area contributed by atoms with Crippen molar-refractivity contribution in [1.29, 1.82) is 0 Å². The van der Waals surface area contributed by atoms with Crippen LogP contribution in [-0.4, -0.2) is 68.5 Å². The van der Waals surface area contributed by atoms with Gasteiger partial charge in [0.25, 0.3) is 5.91 Å². The van der Waals surface area contributed by atoms with E-state index in [1.807, 2.05) is 22.6 Å². The number of phenols is 1. The minimum atomic E-state index is -2.63. The summed E-state index contributed by atoms with van der Waals surface area (Å²) in [5, 5.41) is 43.9. The van der Waals surface area contributed by atoms with Gasteiger partial charge in [-0.1, -0.05) is 15.9 Å². The second-order valence-corrected chi connectivity index (χ2v) is 10.5. The maximum Gasteiger partial charge on any atom is 0.255 e. The molecule has 1 amide bonds. The van der Waals surface area contributed by atoms with Gasteiger partial charge in [0, 0.05) is 16.0 Å². The van der Waals surface area contributed by atoms with Crippen LogP contribution in [0.1, 0.15) is 22.3 Å². The van der Waals surface area contributed by atoms with Crippen LogP contribution < -0.4 is 5.73 Å². The molecule has 6 N–H and O–H groups in total. The molecule has 4 atom stereocenters. The Morgan fingerprint density at radius 3 is 2.47 bits per heavy atom. The van der Waals surface area contributed by atoms with Crippen LogP contribution in [0.5, 0.6) is 5.75 Å². The fourth-order valence-corrected chi connectivity index (χ4v) is 6.84. The summed E-state index contributed by atoms with van der Waals surface area (Å²) in [5.41, 5.74) is 2.23. The van der Waals surface area contributed by atoms with Gasteiger partial charge in [0.05, 0.1) is 15.2 Å². The Hall–Kier alpha value is -1.96. The molecule has 170 valence electrons. The van der Waals surface area contributed by atoms with Gasteiger partial charge in [-0.2, -0.15) is 0 Å². The Morgan fingerprint density at radius 2 is 1.91 bits per heavy atom. The van der Waals surface area contributed by atoms with Crippen molar-refractivity contribution in [3.05, 3.63) is 47.9 Å². The maximum atomic E-state index is 13.4. The fraction of sp³-hybridized carbons (Fsp3) is 0.381. The average molecular weight is 619 g/mol. The van der Waals surface area contributed by atoms with E-state index >= 15 is 0 Å². The lowest BCUT2D eigenvalue weighted by atomic mass is 9.58. The van der Waals surface area contributed by atoms with Crippen LogP contribution in [0, 0.1) is 15.4 Å². The van der Waals surface area contributed by atoms with Gasteiger partial charge in [-0.05, 0) is 67.1 Å². The van der Waals surface area contributed by atoms with E-state index in [0.717, 1.165) is 0 Å². The Kier molecular flexibility index (Phi) is 5.47. The van der Waals surface area contributed by atoms with Gasteiger partial charge < -0.3 is 26.2 Å². The van der Waals surface area contributed by atoms with Crippen LogP contribution >= 0.6 is 38.5 Å². The lowest BCUT2D eigenvalue weighted by Crippen LogP contribution is -2.63. The van der Waals surface area contributed by atoms with Crippen LogP contribution in [0.15, 0.2) is 33.2 Å². The molecule has 0 fully saturated rings. The first-order valence-corrected chi connectivity index (χ1v) is 11.6. The molecule has 4 rings (SSSR count). The number of likely N-dealkylation sites (N-methyl/N-ethyl adjacent to an activating group) is 1. The summed E-state index contributed by atoms with van der Waals surface area (Å²) in [5.74, 6) is -6.53. The molecule has 1 aromatic rings. The van der Waals surface area contributed by atoms with E-state index in [9.17, 15) is 34.8 Å². The first-order valence-electron chi connectivity index (χ1n) is 9.68. The van der Waals surface area contributed by atoms with E-state index in [2.05, 4.69) is 15.9 Å². The van der Waals surface area contributed by atoms with Crippen molar-refractivity contribution in [3.8, 4) is 5.75 Å². The number of halogens is 2. The SMILES string of the molecule is CN(C)[C@@H]1C(O)=C(C(N)=O)C(=O)[C@@]2(O)C(O)=C3C(=O)c4c(O)c(I)cc(Br)c4C[C@H]3C[C@@H]12. The molecule has 1 aromatic carbocycles. The Labute approximate surface area is 204 Å². The molecule has 0 aromatic heterocycles. The number of amides is 1. The van der Waals surface area contributed by atoms with Gasteiger partial charge in [0.15, 0.2) is 11.4 Å². The number of ketones is 2. The highest BCUT2D eigenvalue weighted by Gasteiger charge is 2.63. The van der Waals surface area contributed by atoms with Crippen molar-refractivity contribution in [2.75, 3.05) is 14.1 Å². The van der Waals surface area contributed by atoms with Gasteiger partial charge in [-0.15, -0.1) is 0 Å². The average Bonchev–Trinajstić information content (AvgIpc) is 2.68. The quantitative estimate of drug-likeness (QED) is 0.246. The van der Waals surface area contributed by atoms with Crippen molar-refractivity contribution in [3.63, 3.8) is 0 Å². The number of hydrogen-bond donors (Lipinski definition) is 5. The zero-order valence-electron chi connectivity index (χ0n) is 17.0. The number of benzene rings is 1. The number of carbonyl (C=O) groups excluding carboxylic acids is 3. The summed E-state index contributed by atoms with van der Waals surface area (Å²) in [7, 11) is 3.17. The number of allylic oxidation sites excluding steroid dienone is 1. The Morgan fingerprint density at radius 1 is 1.28 bits per heavy atom. The largest absolute Gasteiger partial charge is 0.510 e. The van der Waals surface area contributed by atoms with Gasteiger partial charge >= 0.3 is 0 Å². The van der Waals surface area contributed by atoms with E-state index < -0.39 is 58.0 Å². The third-order valence-corrected chi connectivity index (χ3v) is 8.15. The predicted octanol–water partition coefficient (Wildman–Crippen LogP) is 1.49. The number of rotatable bonds is 2. The molecule has 0 radical (unpaired) electrons.